The largest absolute Gasteiger partial charge is 0.434 e. The highest BCUT2D eigenvalue weighted by Crippen LogP contribution is 2.48. The first kappa shape index (κ1) is 19.8. The zero-order valence-electron chi connectivity index (χ0n) is 13.2. The second kappa shape index (κ2) is 6.89. The Labute approximate surface area is 166 Å². The molecule has 1 aliphatic heterocycles. The zero-order chi connectivity index (χ0) is 20.0. The predicted octanol–water partition coefficient (Wildman–Crippen LogP) is 5.87. The van der Waals surface area contributed by atoms with E-state index in [1.807, 2.05) is 0 Å². The van der Waals surface area contributed by atoms with Crippen molar-refractivity contribution in [3.05, 3.63) is 62.6 Å². The van der Waals surface area contributed by atoms with E-state index in [-0.39, 0.29) is 26.3 Å². The molecule has 0 spiro atoms. The van der Waals surface area contributed by atoms with E-state index in [1.165, 1.54) is 24.3 Å². The molecule has 3 rings (SSSR count). The zero-order valence-corrected chi connectivity index (χ0v) is 15.5. The van der Waals surface area contributed by atoms with Crippen molar-refractivity contribution >= 4 is 52.9 Å². The lowest BCUT2D eigenvalue weighted by atomic mass is 9.92. The summed E-state index contributed by atoms with van der Waals surface area (Å²) >= 11 is 17.6. The second-order valence-electron chi connectivity index (χ2n) is 5.76. The van der Waals surface area contributed by atoms with Gasteiger partial charge in [0.05, 0.1) is 11.6 Å². The minimum Gasteiger partial charge on any atom is -0.426 e. The molecule has 1 heterocycles. The van der Waals surface area contributed by atoms with Crippen LogP contribution in [0.4, 0.5) is 23.7 Å². The van der Waals surface area contributed by atoms with E-state index < -0.39 is 30.0 Å². The fourth-order valence-corrected chi connectivity index (χ4v) is 3.49. The number of hydrogen-bond acceptors (Lipinski definition) is 3. The molecule has 2 aromatic rings. The molecular weight excluding hydrogens is 430 g/mol. The average molecular weight is 439 g/mol. The summed E-state index contributed by atoms with van der Waals surface area (Å²) in [6.07, 6.45) is -5.68. The van der Waals surface area contributed by atoms with Crippen LogP contribution < -0.4 is 4.90 Å². The van der Waals surface area contributed by atoms with Crippen molar-refractivity contribution in [3.8, 4) is 0 Å². The molecule has 4 nitrogen and oxygen atoms in total. The van der Waals surface area contributed by atoms with Crippen LogP contribution in [0.2, 0.25) is 15.1 Å². The quantitative estimate of drug-likeness (QED) is 0.563. The number of cyclic esters (lactones) is 1. The van der Waals surface area contributed by atoms with E-state index in [9.17, 15) is 22.8 Å². The van der Waals surface area contributed by atoms with Gasteiger partial charge in [0.15, 0.2) is 6.29 Å². The molecule has 1 aliphatic rings. The number of amides is 1. The Balaban J connectivity index is 2.09. The van der Waals surface area contributed by atoms with Crippen molar-refractivity contribution in [2.75, 3.05) is 11.4 Å². The Hall–Kier alpha value is -1.96. The third-order valence-electron chi connectivity index (χ3n) is 4.07. The molecule has 0 aliphatic carbocycles. The highest BCUT2D eigenvalue weighted by Gasteiger charge is 2.65. The molecule has 2 aromatic carbocycles. The summed E-state index contributed by atoms with van der Waals surface area (Å²) in [4.78, 5) is 23.9. The normalized spacial score (nSPS) is 19.9. The van der Waals surface area contributed by atoms with Gasteiger partial charge in [-0.25, -0.2) is 4.79 Å². The maximum atomic E-state index is 14.0. The first-order chi connectivity index (χ1) is 12.6. The third kappa shape index (κ3) is 3.47. The molecule has 27 heavy (non-hydrogen) atoms. The number of nitrogens with zero attached hydrogens (tertiary/aromatic N) is 1. The first-order valence-corrected chi connectivity index (χ1v) is 8.49. The summed E-state index contributed by atoms with van der Waals surface area (Å²) in [6, 6.07) is 7.16. The molecule has 142 valence electrons. The van der Waals surface area contributed by atoms with Crippen LogP contribution in [0.3, 0.4) is 0 Å². The Morgan fingerprint density at radius 1 is 1.07 bits per heavy atom. The fraction of sp³-hybridized carbons (Fsp3) is 0.176. The van der Waals surface area contributed by atoms with Crippen LogP contribution in [0.25, 0.3) is 0 Å². The van der Waals surface area contributed by atoms with Gasteiger partial charge in [0.1, 0.15) is 0 Å². The summed E-state index contributed by atoms with van der Waals surface area (Å²) in [6.45, 7) is -0.872. The van der Waals surface area contributed by atoms with Gasteiger partial charge < -0.3 is 4.74 Å². The van der Waals surface area contributed by atoms with Crippen LogP contribution in [0.1, 0.15) is 15.9 Å². The smallest absolute Gasteiger partial charge is 0.426 e. The van der Waals surface area contributed by atoms with E-state index in [2.05, 4.69) is 0 Å². The van der Waals surface area contributed by atoms with E-state index >= 15 is 0 Å². The third-order valence-corrected chi connectivity index (χ3v) is 4.84. The van der Waals surface area contributed by atoms with Crippen LogP contribution in [0.15, 0.2) is 36.4 Å². The van der Waals surface area contributed by atoms with Gasteiger partial charge in [0.2, 0.25) is 0 Å². The molecular formula is C17H9Cl3F3NO3. The van der Waals surface area contributed by atoms with Crippen LogP contribution in [0, 0.1) is 0 Å². The lowest BCUT2D eigenvalue weighted by Gasteiger charge is -2.30. The van der Waals surface area contributed by atoms with E-state index in [0.29, 0.717) is 6.29 Å². The SMILES string of the molecule is O=Cc1ccc(N2CC(c3cc(Cl)cc(Cl)c3)(C(F)(F)F)OC2=O)cc1Cl. The number of alkyl halides is 3. The molecule has 1 atom stereocenters. The van der Waals surface area contributed by atoms with E-state index in [4.69, 9.17) is 39.5 Å². The number of carbonyl (C=O) groups is 2. The van der Waals surface area contributed by atoms with Crippen molar-refractivity contribution in [3.63, 3.8) is 0 Å². The molecule has 1 fully saturated rings. The maximum absolute atomic E-state index is 14.0. The molecule has 1 amide bonds. The monoisotopic (exact) mass is 437 g/mol. The van der Waals surface area contributed by atoms with Crippen molar-refractivity contribution < 1.29 is 27.5 Å². The Morgan fingerprint density at radius 3 is 2.22 bits per heavy atom. The maximum Gasteiger partial charge on any atom is 0.434 e. The number of ether oxygens (including phenoxy) is 1. The summed E-state index contributed by atoms with van der Waals surface area (Å²) in [5.41, 5.74) is -3.18. The minimum atomic E-state index is -4.95. The van der Waals surface area contributed by atoms with Gasteiger partial charge in [0.25, 0.3) is 5.60 Å². The van der Waals surface area contributed by atoms with E-state index in [1.54, 1.807) is 0 Å². The van der Waals surface area contributed by atoms with Gasteiger partial charge in [0, 0.05) is 26.9 Å². The van der Waals surface area contributed by atoms with Gasteiger partial charge >= 0.3 is 12.3 Å². The van der Waals surface area contributed by atoms with Crippen LogP contribution >= 0.6 is 34.8 Å². The number of carbonyl (C=O) groups excluding carboxylic acids is 2. The summed E-state index contributed by atoms with van der Waals surface area (Å²) < 4.78 is 46.7. The van der Waals surface area contributed by atoms with Crippen molar-refractivity contribution in [1.82, 2.24) is 0 Å². The number of halogens is 6. The standard InChI is InChI=1S/C17H9Cl3F3NO3/c18-11-3-10(4-12(19)5-11)16(17(21,22)23)8-24(15(26)27-16)13-2-1-9(7-25)14(20)6-13/h1-7H,8H2. The second-order valence-corrected chi connectivity index (χ2v) is 7.04. The topological polar surface area (TPSA) is 46.6 Å². The fourth-order valence-electron chi connectivity index (χ4n) is 2.75. The van der Waals surface area contributed by atoms with Crippen LogP contribution in [-0.2, 0) is 10.3 Å². The molecule has 10 heteroatoms. The highest BCUT2D eigenvalue weighted by molar-refractivity contribution is 6.34. The first-order valence-electron chi connectivity index (χ1n) is 7.36. The molecule has 1 saturated heterocycles. The lowest BCUT2D eigenvalue weighted by molar-refractivity contribution is -0.250. The number of rotatable bonds is 3. The van der Waals surface area contributed by atoms with Crippen molar-refractivity contribution in [2.45, 2.75) is 11.8 Å². The summed E-state index contributed by atoms with van der Waals surface area (Å²) in [5, 5.41) is -0.0754. The Morgan fingerprint density at radius 2 is 1.70 bits per heavy atom. The van der Waals surface area contributed by atoms with Gasteiger partial charge in [-0.2, -0.15) is 13.2 Å². The van der Waals surface area contributed by atoms with Gasteiger partial charge in [-0.15, -0.1) is 0 Å². The summed E-state index contributed by atoms with van der Waals surface area (Å²) in [5.74, 6) is 0. The van der Waals surface area contributed by atoms with Gasteiger partial charge in [-0.3, -0.25) is 9.69 Å². The van der Waals surface area contributed by atoms with Crippen molar-refractivity contribution in [1.29, 1.82) is 0 Å². The lowest BCUT2D eigenvalue weighted by Crippen LogP contribution is -2.46. The van der Waals surface area contributed by atoms with Crippen LogP contribution in [-0.4, -0.2) is 25.1 Å². The number of anilines is 1. The summed E-state index contributed by atoms with van der Waals surface area (Å²) in [7, 11) is 0. The highest BCUT2D eigenvalue weighted by atomic mass is 35.5. The molecule has 0 bridgehead atoms. The Kier molecular flexibility index (Phi) is 5.05. The average Bonchev–Trinajstić information content (AvgIpc) is 2.92. The van der Waals surface area contributed by atoms with Crippen molar-refractivity contribution in [2.24, 2.45) is 0 Å². The molecule has 0 saturated carbocycles. The molecule has 0 N–H and O–H groups in total. The minimum absolute atomic E-state index is 0.00870. The van der Waals surface area contributed by atoms with Gasteiger partial charge in [-0.1, -0.05) is 34.8 Å². The Bertz CT molecular complexity index is 915. The number of benzene rings is 2. The molecule has 0 aromatic heterocycles. The predicted molar refractivity (Wildman–Crippen MR) is 94.9 cm³/mol. The van der Waals surface area contributed by atoms with Gasteiger partial charge in [-0.05, 0) is 36.4 Å². The molecule has 1 unspecified atom stereocenters. The molecule has 0 radical (unpaired) electrons. The van der Waals surface area contributed by atoms with Crippen LogP contribution in [0.5, 0.6) is 0 Å². The number of hydrogen-bond donors (Lipinski definition) is 0. The van der Waals surface area contributed by atoms with E-state index in [0.717, 1.165) is 17.0 Å². The number of aldehydes is 1.